The number of hydrogen-bond acceptors (Lipinski definition) is 4. The normalized spacial score (nSPS) is 16.8. The van der Waals surface area contributed by atoms with Gasteiger partial charge < -0.3 is 0 Å². The summed E-state index contributed by atoms with van der Waals surface area (Å²) in [6, 6.07) is 3.54. The molecule has 3 heterocycles. The number of nitrogens with one attached hydrogen (secondary N) is 1. The van der Waals surface area contributed by atoms with Crippen molar-refractivity contribution in [3.63, 3.8) is 0 Å². The average Bonchev–Trinajstić information content (AvgIpc) is 3.17. The number of rotatable bonds is 2. The van der Waals surface area contributed by atoms with Gasteiger partial charge in [0, 0.05) is 24.4 Å². The second-order valence-electron chi connectivity index (χ2n) is 5.69. The van der Waals surface area contributed by atoms with Crippen LogP contribution in [0.2, 0.25) is 0 Å². The molecule has 1 aliphatic heterocycles. The molecule has 1 N–H and O–H groups in total. The highest BCUT2D eigenvalue weighted by molar-refractivity contribution is 7.92. The standard InChI is InChI=1S/C15H14FN5O2S/c1-9-13-7-17-19-15(13)12-5-10(16)3-4-14(12)21(9)24(22,23)11-6-18-20(2)8-11/h3-9H,1-2H3,(H,17,19). The van der Waals surface area contributed by atoms with Crippen LogP contribution in [0.25, 0.3) is 11.3 Å². The maximum absolute atomic E-state index is 13.7. The molecule has 1 aromatic carbocycles. The molecule has 0 aliphatic carbocycles. The first kappa shape index (κ1) is 14.9. The van der Waals surface area contributed by atoms with Crippen LogP contribution >= 0.6 is 0 Å². The topological polar surface area (TPSA) is 83.9 Å². The number of aromatic nitrogens is 4. The van der Waals surface area contributed by atoms with Crippen LogP contribution in [-0.4, -0.2) is 28.4 Å². The van der Waals surface area contributed by atoms with E-state index in [2.05, 4.69) is 15.3 Å². The maximum Gasteiger partial charge on any atom is 0.268 e. The summed E-state index contributed by atoms with van der Waals surface area (Å²) in [5.41, 5.74) is 2.20. The van der Waals surface area contributed by atoms with Gasteiger partial charge in [-0.25, -0.2) is 12.8 Å². The molecule has 4 rings (SSSR count). The molecule has 0 radical (unpaired) electrons. The molecule has 0 fully saturated rings. The van der Waals surface area contributed by atoms with E-state index < -0.39 is 21.9 Å². The van der Waals surface area contributed by atoms with Gasteiger partial charge in [-0.1, -0.05) is 0 Å². The van der Waals surface area contributed by atoms with E-state index in [1.54, 1.807) is 20.2 Å². The molecule has 0 saturated heterocycles. The van der Waals surface area contributed by atoms with E-state index >= 15 is 0 Å². The van der Waals surface area contributed by atoms with Crippen LogP contribution in [0.4, 0.5) is 10.1 Å². The van der Waals surface area contributed by atoms with Crippen molar-refractivity contribution >= 4 is 15.7 Å². The highest BCUT2D eigenvalue weighted by atomic mass is 32.2. The van der Waals surface area contributed by atoms with Gasteiger partial charge in [-0.05, 0) is 25.1 Å². The zero-order valence-corrected chi connectivity index (χ0v) is 13.7. The van der Waals surface area contributed by atoms with Crippen molar-refractivity contribution in [2.24, 2.45) is 7.05 Å². The van der Waals surface area contributed by atoms with Crippen molar-refractivity contribution in [2.45, 2.75) is 17.9 Å². The molecule has 1 unspecified atom stereocenters. The lowest BCUT2D eigenvalue weighted by molar-refractivity contribution is 0.581. The SMILES string of the molecule is CC1c2cn[nH]c2-c2cc(F)ccc2N1S(=O)(=O)c1cnn(C)c1. The number of aromatic amines is 1. The van der Waals surface area contributed by atoms with Crippen molar-refractivity contribution in [1.29, 1.82) is 0 Å². The highest BCUT2D eigenvalue weighted by Gasteiger charge is 2.38. The minimum absolute atomic E-state index is 0.0825. The Morgan fingerprint density at radius 1 is 1.29 bits per heavy atom. The van der Waals surface area contributed by atoms with Crippen molar-refractivity contribution in [3.05, 3.63) is 48.2 Å². The van der Waals surface area contributed by atoms with Crippen LogP contribution in [0.15, 0.2) is 41.7 Å². The first-order valence-electron chi connectivity index (χ1n) is 7.26. The van der Waals surface area contributed by atoms with Gasteiger partial charge in [-0.3, -0.25) is 14.1 Å². The summed E-state index contributed by atoms with van der Waals surface area (Å²) in [6.45, 7) is 1.77. The molecule has 7 nitrogen and oxygen atoms in total. The number of benzene rings is 1. The Kier molecular flexibility index (Phi) is 3.04. The summed E-state index contributed by atoms with van der Waals surface area (Å²) in [5, 5.41) is 10.8. The van der Waals surface area contributed by atoms with E-state index in [0.717, 1.165) is 0 Å². The van der Waals surface area contributed by atoms with E-state index in [9.17, 15) is 12.8 Å². The zero-order valence-electron chi connectivity index (χ0n) is 12.9. The van der Waals surface area contributed by atoms with E-state index in [-0.39, 0.29) is 4.90 Å². The van der Waals surface area contributed by atoms with E-state index in [4.69, 9.17) is 0 Å². The Bertz CT molecular complexity index is 1040. The Morgan fingerprint density at radius 3 is 2.79 bits per heavy atom. The van der Waals surface area contributed by atoms with Gasteiger partial charge in [0.25, 0.3) is 10.0 Å². The Labute approximate surface area is 137 Å². The highest BCUT2D eigenvalue weighted by Crippen LogP contribution is 2.46. The predicted octanol–water partition coefficient (Wildman–Crippen LogP) is 2.22. The zero-order chi connectivity index (χ0) is 17.1. The van der Waals surface area contributed by atoms with Gasteiger partial charge in [0.2, 0.25) is 0 Å². The van der Waals surface area contributed by atoms with E-state index in [1.165, 1.54) is 39.6 Å². The summed E-state index contributed by atoms with van der Waals surface area (Å²) in [6.07, 6.45) is 4.31. The summed E-state index contributed by atoms with van der Waals surface area (Å²) in [4.78, 5) is 0.0825. The number of hydrogen-bond donors (Lipinski definition) is 1. The molecule has 1 aliphatic rings. The second kappa shape index (κ2) is 4.91. The number of anilines is 1. The smallest absolute Gasteiger partial charge is 0.268 e. The van der Waals surface area contributed by atoms with Crippen LogP contribution in [0, 0.1) is 5.82 Å². The third-order valence-corrected chi connectivity index (χ3v) is 6.01. The summed E-state index contributed by atoms with van der Waals surface area (Å²) < 4.78 is 42.7. The molecule has 0 amide bonds. The second-order valence-corrected chi connectivity index (χ2v) is 7.50. The van der Waals surface area contributed by atoms with Gasteiger partial charge in [0.15, 0.2) is 0 Å². The lowest BCUT2D eigenvalue weighted by Gasteiger charge is -2.35. The fraction of sp³-hybridized carbons (Fsp3) is 0.200. The van der Waals surface area contributed by atoms with Crippen LogP contribution in [0.3, 0.4) is 0 Å². The Balaban J connectivity index is 1.97. The molecule has 9 heteroatoms. The fourth-order valence-electron chi connectivity index (χ4n) is 3.05. The monoisotopic (exact) mass is 347 g/mol. The molecule has 2 aromatic heterocycles. The molecular weight excluding hydrogens is 333 g/mol. The van der Waals surface area contributed by atoms with Crippen molar-refractivity contribution in [1.82, 2.24) is 20.0 Å². The fourth-order valence-corrected chi connectivity index (χ4v) is 4.69. The number of nitrogens with zero attached hydrogens (tertiary/aromatic N) is 4. The summed E-state index contributed by atoms with van der Waals surface area (Å²) in [5.74, 6) is -0.442. The Morgan fingerprint density at radius 2 is 2.08 bits per heavy atom. The largest absolute Gasteiger partial charge is 0.277 e. The van der Waals surface area contributed by atoms with Gasteiger partial charge in [0.05, 0.1) is 29.8 Å². The third kappa shape index (κ3) is 1.97. The molecule has 0 spiro atoms. The van der Waals surface area contributed by atoms with Crippen molar-refractivity contribution in [3.8, 4) is 11.3 Å². The first-order valence-corrected chi connectivity index (χ1v) is 8.70. The average molecular weight is 347 g/mol. The predicted molar refractivity (Wildman–Crippen MR) is 85.3 cm³/mol. The van der Waals surface area contributed by atoms with Gasteiger partial charge in [0.1, 0.15) is 10.7 Å². The van der Waals surface area contributed by atoms with Crippen LogP contribution in [0.5, 0.6) is 0 Å². The van der Waals surface area contributed by atoms with Gasteiger partial charge in [-0.15, -0.1) is 0 Å². The van der Waals surface area contributed by atoms with Crippen LogP contribution in [-0.2, 0) is 17.1 Å². The third-order valence-electron chi connectivity index (χ3n) is 4.17. The van der Waals surface area contributed by atoms with Crippen molar-refractivity contribution < 1.29 is 12.8 Å². The summed E-state index contributed by atoms with van der Waals surface area (Å²) >= 11 is 0. The molecule has 0 bridgehead atoms. The van der Waals surface area contributed by atoms with Crippen molar-refractivity contribution in [2.75, 3.05) is 4.31 Å². The lowest BCUT2D eigenvalue weighted by Crippen LogP contribution is -2.36. The molecule has 24 heavy (non-hydrogen) atoms. The Hall–Kier alpha value is -2.68. The number of aryl methyl sites for hydroxylation is 1. The van der Waals surface area contributed by atoms with Gasteiger partial charge in [-0.2, -0.15) is 10.2 Å². The van der Waals surface area contributed by atoms with Crippen LogP contribution in [0.1, 0.15) is 18.5 Å². The lowest BCUT2D eigenvalue weighted by atomic mass is 9.97. The number of H-pyrrole nitrogens is 1. The molecule has 0 saturated carbocycles. The van der Waals surface area contributed by atoms with E-state index in [1.807, 2.05) is 0 Å². The van der Waals surface area contributed by atoms with Gasteiger partial charge >= 0.3 is 0 Å². The summed E-state index contributed by atoms with van der Waals surface area (Å²) in [7, 11) is -2.20. The molecule has 124 valence electrons. The molecule has 1 atom stereocenters. The van der Waals surface area contributed by atoms with Crippen LogP contribution < -0.4 is 4.31 Å². The minimum atomic E-state index is -3.85. The number of halogens is 1. The van der Waals surface area contributed by atoms with E-state index in [0.29, 0.717) is 22.5 Å². The number of fused-ring (bicyclic) bond motifs is 3. The number of sulfonamides is 1. The minimum Gasteiger partial charge on any atom is -0.277 e. The quantitative estimate of drug-likeness (QED) is 0.770. The molecular formula is C15H14FN5O2S. The molecule has 3 aromatic rings. The first-order chi connectivity index (χ1) is 11.4. The maximum atomic E-state index is 13.7.